The van der Waals surface area contributed by atoms with Crippen molar-refractivity contribution in [3.05, 3.63) is 29.3 Å². The van der Waals surface area contributed by atoms with Crippen LogP contribution in [0.4, 0.5) is 10.8 Å². The van der Waals surface area contributed by atoms with E-state index < -0.39 is 5.91 Å². The van der Waals surface area contributed by atoms with Crippen molar-refractivity contribution in [3.63, 3.8) is 0 Å². The van der Waals surface area contributed by atoms with Crippen molar-refractivity contribution < 1.29 is 23.9 Å². The number of carbonyl (C=O) groups is 3. The molecule has 3 amide bonds. The Balaban J connectivity index is 1.44. The van der Waals surface area contributed by atoms with E-state index in [1.54, 1.807) is 30.7 Å². The van der Waals surface area contributed by atoms with Gasteiger partial charge in [-0.25, -0.2) is 4.98 Å². The Morgan fingerprint density at radius 2 is 1.88 bits per heavy atom. The van der Waals surface area contributed by atoms with Crippen molar-refractivity contribution in [2.24, 2.45) is 11.7 Å². The van der Waals surface area contributed by atoms with E-state index in [4.69, 9.17) is 15.2 Å². The van der Waals surface area contributed by atoms with Crippen molar-refractivity contribution in [1.29, 1.82) is 0 Å². The maximum atomic E-state index is 12.5. The minimum atomic E-state index is -0.462. The summed E-state index contributed by atoms with van der Waals surface area (Å²) in [6.07, 6.45) is 1.35. The standard InChI is InChI=1S/C21H27N5O5S/c1-30-16-4-3-14(9-17(16)31-2)23-19(28)11-26-7-5-13(6-8-26)20(29)25-21-24-15(12-32-21)10-18(22)27/h3-4,9,12-13H,5-8,10-11H2,1-2H3,(H2,22,27)(H,23,28)(H,24,25,29). The number of aromatic nitrogens is 1. The third-order valence-corrected chi connectivity index (χ3v) is 5.94. The number of rotatable bonds is 9. The van der Waals surface area contributed by atoms with E-state index >= 15 is 0 Å². The van der Waals surface area contributed by atoms with Crippen LogP contribution >= 0.6 is 11.3 Å². The quantitative estimate of drug-likeness (QED) is 0.514. The van der Waals surface area contributed by atoms with Crippen LogP contribution in [0.1, 0.15) is 18.5 Å². The number of methoxy groups -OCH3 is 2. The van der Waals surface area contributed by atoms with Crippen LogP contribution in [-0.2, 0) is 20.8 Å². The number of thiazole rings is 1. The average molecular weight is 462 g/mol. The second-order valence-electron chi connectivity index (χ2n) is 7.44. The van der Waals surface area contributed by atoms with Gasteiger partial charge in [-0.2, -0.15) is 0 Å². The fraction of sp³-hybridized carbons (Fsp3) is 0.429. The van der Waals surface area contributed by atoms with Crippen LogP contribution in [0.3, 0.4) is 0 Å². The molecule has 172 valence electrons. The summed E-state index contributed by atoms with van der Waals surface area (Å²) in [6.45, 7) is 1.52. The summed E-state index contributed by atoms with van der Waals surface area (Å²) in [6, 6.07) is 5.20. The molecule has 1 aliphatic heterocycles. The number of nitrogens with one attached hydrogen (secondary N) is 2. The monoisotopic (exact) mass is 461 g/mol. The first-order valence-corrected chi connectivity index (χ1v) is 11.0. The topological polar surface area (TPSA) is 136 Å². The SMILES string of the molecule is COc1ccc(NC(=O)CN2CCC(C(=O)Nc3nc(CC(N)=O)cs3)CC2)cc1OC. The Morgan fingerprint density at radius 3 is 2.53 bits per heavy atom. The highest BCUT2D eigenvalue weighted by atomic mass is 32.1. The molecule has 1 aliphatic rings. The van der Waals surface area contributed by atoms with Crippen molar-refractivity contribution in [3.8, 4) is 11.5 Å². The van der Waals surface area contributed by atoms with Gasteiger partial charge in [-0.15, -0.1) is 11.3 Å². The molecule has 0 bridgehead atoms. The number of hydrogen-bond donors (Lipinski definition) is 3. The number of nitrogens with two attached hydrogens (primary N) is 1. The Bertz CT molecular complexity index is 971. The summed E-state index contributed by atoms with van der Waals surface area (Å²) in [5.41, 5.74) is 6.34. The number of hydrogen-bond acceptors (Lipinski definition) is 8. The number of likely N-dealkylation sites (tertiary alicyclic amines) is 1. The second kappa shape index (κ2) is 10.9. The summed E-state index contributed by atoms with van der Waals surface area (Å²) in [7, 11) is 3.09. The van der Waals surface area contributed by atoms with Crippen molar-refractivity contribution in [1.82, 2.24) is 9.88 Å². The van der Waals surface area contributed by atoms with Crippen molar-refractivity contribution >= 4 is 39.9 Å². The van der Waals surface area contributed by atoms with Crippen molar-refractivity contribution in [2.45, 2.75) is 19.3 Å². The number of piperidine rings is 1. The van der Waals surface area contributed by atoms with Crippen LogP contribution in [-0.4, -0.2) is 61.5 Å². The highest BCUT2D eigenvalue weighted by Gasteiger charge is 2.26. The first kappa shape index (κ1) is 23.5. The van der Waals surface area contributed by atoms with Gasteiger partial charge in [0.2, 0.25) is 17.7 Å². The zero-order valence-electron chi connectivity index (χ0n) is 18.1. The van der Waals surface area contributed by atoms with Gasteiger partial charge in [-0.1, -0.05) is 0 Å². The van der Waals surface area contributed by atoms with Gasteiger partial charge in [0.05, 0.1) is 32.9 Å². The normalized spacial score (nSPS) is 14.6. The number of benzene rings is 1. The lowest BCUT2D eigenvalue weighted by Gasteiger charge is -2.30. The van der Waals surface area contributed by atoms with E-state index in [2.05, 4.69) is 15.6 Å². The molecule has 0 aliphatic carbocycles. The van der Waals surface area contributed by atoms with Crippen molar-refractivity contribution in [2.75, 3.05) is 44.5 Å². The average Bonchev–Trinajstić information content (AvgIpc) is 3.19. The molecule has 0 saturated carbocycles. The molecular weight excluding hydrogens is 434 g/mol. The number of nitrogens with zero attached hydrogens (tertiary/aromatic N) is 2. The Hall–Kier alpha value is -3.18. The molecule has 2 aromatic rings. The highest BCUT2D eigenvalue weighted by molar-refractivity contribution is 7.13. The van der Waals surface area contributed by atoms with Gasteiger partial charge in [0, 0.05) is 23.1 Å². The molecule has 2 heterocycles. The van der Waals surface area contributed by atoms with Gasteiger partial charge < -0.3 is 25.8 Å². The van der Waals surface area contributed by atoms with Crippen LogP contribution in [0.5, 0.6) is 11.5 Å². The third-order valence-electron chi connectivity index (χ3n) is 5.13. The number of carbonyl (C=O) groups excluding carboxylic acids is 3. The zero-order valence-corrected chi connectivity index (χ0v) is 18.9. The number of anilines is 2. The van der Waals surface area contributed by atoms with Gasteiger partial charge in [0.15, 0.2) is 16.6 Å². The summed E-state index contributed by atoms with van der Waals surface area (Å²) < 4.78 is 10.5. The maximum absolute atomic E-state index is 12.5. The summed E-state index contributed by atoms with van der Waals surface area (Å²) in [4.78, 5) is 42.1. The van der Waals surface area contributed by atoms with Gasteiger partial charge in [-0.05, 0) is 38.1 Å². The first-order chi connectivity index (χ1) is 15.4. The Kier molecular flexibility index (Phi) is 8.01. The molecule has 10 nitrogen and oxygen atoms in total. The number of amides is 3. The fourth-order valence-corrected chi connectivity index (χ4v) is 4.22. The molecule has 0 radical (unpaired) electrons. The van der Waals surface area contributed by atoms with Crippen LogP contribution < -0.4 is 25.8 Å². The number of ether oxygens (including phenoxy) is 2. The molecule has 0 spiro atoms. The lowest BCUT2D eigenvalue weighted by Crippen LogP contribution is -2.41. The third kappa shape index (κ3) is 6.41. The lowest BCUT2D eigenvalue weighted by atomic mass is 9.96. The smallest absolute Gasteiger partial charge is 0.238 e. The van der Waals surface area contributed by atoms with Gasteiger partial charge in [-0.3, -0.25) is 19.3 Å². The molecule has 1 aromatic carbocycles. The molecule has 3 rings (SSSR count). The predicted molar refractivity (Wildman–Crippen MR) is 121 cm³/mol. The zero-order chi connectivity index (χ0) is 23.1. The number of primary amides is 1. The first-order valence-electron chi connectivity index (χ1n) is 10.2. The molecule has 11 heteroatoms. The van der Waals surface area contributed by atoms with E-state index in [-0.39, 0.29) is 30.7 Å². The van der Waals surface area contributed by atoms with E-state index in [9.17, 15) is 14.4 Å². The molecule has 1 fully saturated rings. The van der Waals surface area contributed by atoms with Gasteiger partial charge >= 0.3 is 0 Å². The van der Waals surface area contributed by atoms with Gasteiger partial charge in [0.25, 0.3) is 0 Å². The van der Waals surface area contributed by atoms with E-state index in [0.29, 0.717) is 53.9 Å². The predicted octanol–water partition coefficient (Wildman–Crippen LogP) is 1.48. The molecular formula is C21H27N5O5S. The van der Waals surface area contributed by atoms with Crippen LogP contribution in [0.25, 0.3) is 0 Å². The molecule has 0 unspecified atom stereocenters. The lowest BCUT2D eigenvalue weighted by molar-refractivity contribution is -0.121. The fourth-order valence-electron chi connectivity index (χ4n) is 3.50. The molecule has 0 atom stereocenters. The highest BCUT2D eigenvalue weighted by Crippen LogP contribution is 2.29. The maximum Gasteiger partial charge on any atom is 0.238 e. The van der Waals surface area contributed by atoms with Crippen LogP contribution in [0.15, 0.2) is 23.6 Å². The van der Waals surface area contributed by atoms with Crippen LogP contribution in [0.2, 0.25) is 0 Å². The molecule has 32 heavy (non-hydrogen) atoms. The molecule has 4 N–H and O–H groups in total. The van der Waals surface area contributed by atoms with E-state index in [1.165, 1.54) is 18.4 Å². The van der Waals surface area contributed by atoms with E-state index in [1.807, 2.05) is 4.90 Å². The molecule has 1 saturated heterocycles. The summed E-state index contributed by atoms with van der Waals surface area (Å²) in [5, 5.41) is 7.84. The second-order valence-corrected chi connectivity index (χ2v) is 8.30. The minimum absolute atomic E-state index is 0.0517. The van der Waals surface area contributed by atoms with E-state index in [0.717, 1.165) is 0 Å². The summed E-state index contributed by atoms with van der Waals surface area (Å²) >= 11 is 1.27. The largest absolute Gasteiger partial charge is 0.493 e. The van der Waals surface area contributed by atoms with Gasteiger partial charge in [0.1, 0.15) is 0 Å². The minimum Gasteiger partial charge on any atom is -0.493 e. The molecule has 1 aromatic heterocycles. The van der Waals surface area contributed by atoms with Crippen LogP contribution in [0, 0.1) is 5.92 Å². The Morgan fingerprint density at radius 1 is 1.16 bits per heavy atom. The summed E-state index contributed by atoms with van der Waals surface area (Å²) in [5.74, 6) is 0.287. The Labute approximate surface area is 190 Å².